The molecule has 0 spiro atoms. The molecule has 1 aliphatic heterocycles. The van der Waals surface area contributed by atoms with E-state index in [2.05, 4.69) is 34.6 Å². The Labute approximate surface area is 214 Å². The van der Waals surface area contributed by atoms with Crippen molar-refractivity contribution in [1.82, 2.24) is 15.2 Å². The van der Waals surface area contributed by atoms with Gasteiger partial charge in [-0.2, -0.15) is 0 Å². The smallest absolute Gasteiger partial charge is 0.271 e. The molecule has 2 amide bonds. The predicted octanol–water partition coefficient (Wildman–Crippen LogP) is 5.88. The number of thiazole rings is 1. The number of hydrogen-bond acceptors (Lipinski definition) is 4. The summed E-state index contributed by atoms with van der Waals surface area (Å²) in [5.74, 6) is -0.178. The first kappa shape index (κ1) is 24.1. The van der Waals surface area contributed by atoms with Crippen molar-refractivity contribution < 1.29 is 14.0 Å². The summed E-state index contributed by atoms with van der Waals surface area (Å²) in [4.78, 5) is 32.0. The summed E-state index contributed by atoms with van der Waals surface area (Å²) in [7, 11) is 0. The maximum Gasteiger partial charge on any atom is 0.271 e. The number of likely N-dealkylation sites (tertiary alicyclic amines) is 1. The van der Waals surface area contributed by atoms with E-state index < -0.39 is 0 Å². The first-order chi connectivity index (χ1) is 17.5. The number of halogens is 1. The number of benzene rings is 3. The van der Waals surface area contributed by atoms with E-state index >= 15 is 0 Å². The number of nitrogens with zero attached hydrogens (tertiary/aromatic N) is 2. The lowest BCUT2D eigenvalue weighted by Gasteiger charge is -2.31. The minimum atomic E-state index is -0.299. The average Bonchev–Trinajstić information content (AvgIpc) is 3.40. The Balaban J connectivity index is 1.15. The topological polar surface area (TPSA) is 62.3 Å². The molecule has 0 radical (unpaired) electrons. The average molecular weight is 502 g/mol. The number of rotatable bonds is 6. The van der Waals surface area contributed by atoms with E-state index in [4.69, 9.17) is 0 Å². The molecule has 1 unspecified atom stereocenters. The Bertz CT molecular complexity index is 1380. The van der Waals surface area contributed by atoms with Gasteiger partial charge in [0, 0.05) is 24.4 Å². The molecule has 5 nitrogen and oxygen atoms in total. The maximum atomic E-state index is 13.1. The lowest BCUT2D eigenvalue weighted by atomic mass is 9.97. The van der Waals surface area contributed by atoms with Crippen LogP contribution in [0.15, 0.2) is 72.1 Å². The van der Waals surface area contributed by atoms with E-state index in [1.54, 1.807) is 12.1 Å². The zero-order chi connectivity index (χ0) is 25.1. The number of nitrogens with one attached hydrogen (secondary N) is 1. The lowest BCUT2D eigenvalue weighted by Crippen LogP contribution is -2.38. The van der Waals surface area contributed by atoms with Gasteiger partial charge in [0.1, 0.15) is 11.5 Å². The number of aromatic nitrogens is 1. The van der Waals surface area contributed by atoms with Crippen molar-refractivity contribution in [2.75, 3.05) is 13.1 Å². The molecule has 0 bridgehead atoms. The molecule has 0 aliphatic carbocycles. The molecule has 2 heterocycles. The molecule has 1 atom stereocenters. The molecule has 1 N–H and O–H groups in total. The van der Waals surface area contributed by atoms with Crippen molar-refractivity contribution >= 4 is 33.9 Å². The molecule has 5 rings (SSSR count). The van der Waals surface area contributed by atoms with E-state index in [0.717, 1.165) is 34.4 Å². The molecule has 184 valence electrons. The fourth-order valence-corrected chi connectivity index (χ4v) is 5.65. The van der Waals surface area contributed by atoms with Crippen LogP contribution in [-0.2, 0) is 11.2 Å². The van der Waals surface area contributed by atoms with Crippen LogP contribution < -0.4 is 5.32 Å². The SMILES string of the molecule is CC(NC(=O)c1csc(C2CCN(C(=O)Cc3ccc(F)cc3)CC2)n1)c1ccc2ccccc2c1. The summed E-state index contributed by atoms with van der Waals surface area (Å²) in [6.07, 6.45) is 1.91. The van der Waals surface area contributed by atoms with Gasteiger partial charge < -0.3 is 10.2 Å². The highest BCUT2D eigenvalue weighted by Gasteiger charge is 2.26. The number of hydrogen-bond donors (Lipinski definition) is 1. The molecule has 1 fully saturated rings. The van der Waals surface area contributed by atoms with Crippen LogP contribution in [0.4, 0.5) is 4.39 Å². The quantitative estimate of drug-likeness (QED) is 0.359. The summed E-state index contributed by atoms with van der Waals surface area (Å²) in [6.45, 7) is 3.30. The molecule has 7 heteroatoms. The van der Waals surface area contributed by atoms with Crippen molar-refractivity contribution in [2.45, 2.75) is 38.1 Å². The summed E-state index contributed by atoms with van der Waals surface area (Å²) in [5.41, 5.74) is 2.31. The van der Waals surface area contributed by atoms with Crippen molar-refractivity contribution in [1.29, 1.82) is 0 Å². The van der Waals surface area contributed by atoms with Crippen LogP contribution >= 0.6 is 11.3 Å². The number of piperidine rings is 1. The summed E-state index contributed by atoms with van der Waals surface area (Å²) in [5, 5.41) is 8.16. The van der Waals surface area contributed by atoms with Crippen LogP contribution in [0.3, 0.4) is 0 Å². The second-order valence-corrected chi connectivity index (χ2v) is 10.2. The summed E-state index contributed by atoms with van der Waals surface area (Å²) >= 11 is 1.51. The molecule has 4 aromatic rings. The van der Waals surface area contributed by atoms with E-state index in [9.17, 15) is 14.0 Å². The van der Waals surface area contributed by atoms with Crippen LogP contribution in [-0.4, -0.2) is 34.8 Å². The predicted molar refractivity (Wildman–Crippen MR) is 141 cm³/mol. The van der Waals surface area contributed by atoms with Crippen LogP contribution in [0, 0.1) is 5.82 Å². The number of amides is 2. The Morgan fingerprint density at radius 1 is 1.06 bits per heavy atom. The summed E-state index contributed by atoms with van der Waals surface area (Å²) in [6, 6.07) is 20.3. The van der Waals surface area contributed by atoms with Crippen molar-refractivity contribution in [2.24, 2.45) is 0 Å². The molecular weight excluding hydrogens is 473 g/mol. The van der Waals surface area contributed by atoms with Crippen LogP contribution in [0.1, 0.15) is 58.3 Å². The van der Waals surface area contributed by atoms with Gasteiger partial charge in [-0.1, -0.05) is 48.5 Å². The second-order valence-electron chi connectivity index (χ2n) is 9.33. The maximum absolute atomic E-state index is 13.1. The lowest BCUT2D eigenvalue weighted by molar-refractivity contribution is -0.131. The number of carbonyl (C=O) groups excluding carboxylic acids is 2. The van der Waals surface area contributed by atoms with E-state index in [1.807, 2.05) is 35.4 Å². The van der Waals surface area contributed by atoms with E-state index in [-0.39, 0.29) is 36.0 Å². The normalized spacial score (nSPS) is 15.1. The Kier molecular flexibility index (Phi) is 7.09. The molecule has 1 saturated heterocycles. The zero-order valence-corrected chi connectivity index (χ0v) is 20.9. The standard InChI is InChI=1S/C29H28FN3O2S/c1-19(23-9-8-21-4-2-3-5-24(21)17-23)31-28(35)26-18-36-29(32-26)22-12-14-33(15-13-22)27(34)16-20-6-10-25(30)11-7-20/h2-11,17-19,22H,12-16H2,1H3,(H,31,35). The minimum Gasteiger partial charge on any atom is -0.344 e. The molecule has 1 aromatic heterocycles. The van der Waals surface area contributed by atoms with Gasteiger partial charge in [-0.25, -0.2) is 9.37 Å². The third-order valence-corrected chi connectivity index (χ3v) is 7.85. The number of fused-ring (bicyclic) bond motifs is 1. The fourth-order valence-electron chi connectivity index (χ4n) is 4.67. The summed E-state index contributed by atoms with van der Waals surface area (Å²) < 4.78 is 13.1. The Hall–Kier alpha value is -3.58. The zero-order valence-electron chi connectivity index (χ0n) is 20.1. The third-order valence-electron chi connectivity index (χ3n) is 6.84. The van der Waals surface area contributed by atoms with Crippen LogP contribution in [0.5, 0.6) is 0 Å². The molecule has 1 aliphatic rings. The molecule has 3 aromatic carbocycles. The van der Waals surface area contributed by atoms with Crippen LogP contribution in [0.2, 0.25) is 0 Å². The van der Waals surface area contributed by atoms with Gasteiger partial charge in [0.2, 0.25) is 5.91 Å². The van der Waals surface area contributed by atoms with Gasteiger partial charge in [-0.3, -0.25) is 9.59 Å². The highest BCUT2D eigenvalue weighted by molar-refractivity contribution is 7.09. The monoisotopic (exact) mass is 501 g/mol. The van der Waals surface area contributed by atoms with E-state index in [0.29, 0.717) is 18.8 Å². The molecular formula is C29H28FN3O2S. The highest BCUT2D eigenvalue weighted by Crippen LogP contribution is 2.31. The Morgan fingerprint density at radius 3 is 2.53 bits per heavy atom. The third kappa shape index (κ3) is 5.46. The van der Waals surface area contributed by atoms with Gasteiger partial charge in [-0.05, 0) is 59.9 Å². The van der Waals surface area contributed by atoms with Gasteiger partial charge in [-0.15, -0.1) is 11.3 Å². The van der Waals surface area contributed by atoms with E-state index in [1.165, 1.54) is 28.9 Å². The highest BCUT2D eigenvalue weighted by atomic mass is 32.1. The Morgan fingerprint density at radius 2 is 1.78 bits per heavy atom. The van der Waals surface area contributed by atoms with Gasteiger partial charge in [0.25, 0.3) is 5.91 Å². The second kappa shape index (κ2) is 10.6. The molecule has 0 saturated carbocycles. The fraction of sp³-hybridized carbons (Fsp3) is 0.276. The van der Waals surface area contributed by atoms with Crippen molar-refractivity contribution in [3.05, 3.63) is 99.8 Å². The van der Waals surface area contributed by atoms with Crippen LogP contribution in [0.25, 0.3) is 10.8 Å². The van der Waals surface area contributed by atoms with Gasteiger partial charge in [0.15, 0.2) is 0 Å². The number of carbonyl (C=O) groups is 2. The minimum absolute atomic E-state index is 0.0574. The van der Waals surface area contributed by atoms with Gasteiger partial charge in [0.05, 0.1) is 17.5 Å². The molecule has 36 heavy (non-hydrogen) atoms. The van der Waals surface area contributed by atoms with Crippen molar-refractivity contribution in [3.8, 4) is 0 Å². The first-order valence-electron chi connectivity index (χ1n) is 12.2. The first-order valence-corrected chi connectivity index (χ1v) is 13.1. The largest absolute Gasteiger partial charge is 0.344 e. The van der Waals surface area contributed by atoms with Crippen molar-refractivity contribution in [3.63, 3.8) is 0 Å². The van der Waals surface area contributed by atoms with Gasteiger partial charge >= 0.3 is 0 Å².